The topological polar surface area (TPSA) is 41.5 Å². The highest BCUT2D eigenvalue weighted by Gasteiger charge is 2.15. The Morgan fingerprint density at radius 1 is 1.30 bits per heavy atom. The van der Waals surface area contributed by atoms with Crippen LogP contribution in [0, 0.1) is 5.92 Å². The van der Waals surface area contributed by atoms with Gasteiger partial charge in [-0.25, -0.2) is 5.43 Å². The molecule has 0 bridgehead atoms. The van der Waals surface area contributed by atoms with E-state index in [0.717, 1.165) is 40.1 Å². The molecule has 1 aliphatic rings. The summed E-state index contributed by atoms with van der Waals surface area (Å²) in [5.41, 5.74) is 4.56. The summed E-state index contributed by atoms with van der Waals surface area (Å²) in [7, 11) is 0. The van der Waals surface area contributed by atoms with Crippen LogP contribution in [0.3, 0.4) is 0 Å². The van der Waals surface area contributed by atoms with Crippen LogP contribution in [0.2, 0.25) is 0 Å². The molecule has 20 heavy (non-hydrogen) atoms. The molecule has 1 aliphatic carbocycles. The van der Waals surface area contributed by atoms with Gasteiger partial charge in [-0.3, -0.25) is 4.79 Å². The predicted octanol–water partition coefficient (Wildman–Crippen LogP) is 4.20. The number of fused-ring (bicyclic) bond motifs is 1. The highest BCUT2D eigenvalue weighted by molar-refractivity contribution is 7.17. The quantitative estimate of drug-likeness (QED) is 0.826. The minimum atomic E-state index is -0.103. The lowest BCUT2D eigenvalue weighted by Crippen LogP contribution is -2.21. The smallest absolute Gasteiger partial charge is 0.267 e. The van der Waals surface area contributed by atoms with Crippen molar-refractivity contribution in [2.24, 2.45) is 11.0 Å². The number of benzene rings is 1. The maximum atomic E-state index is 12.2. The van der Waals surface area contributed by atoms with E-state index in [1.807, 2.05) is 29.6 Å². The lowest BCUT2D eigenvalue weighted by Gasteiger charge is -2.18. The van der Waals surface area contributed by atoms with Crippen molar-refractivity contribution in [3.8, 4) is 0 Å². The van der Waals surface area contributed by atoms with Crippen molar-refractivity contribution in [2.45, 2.75) is 32.6 Å². The fraction of sp³-hybridized carbons (Fsp3) is 0.375. The Morgan fingerprint density at radius 2 is 2.05 bits per heavy atom. The molecule has 4 heteroatoms. The van der Waals surface area contributed by atoms with Crippen LogP contribution in [0.25, 0.3) is 10.1 Å². The van der Waals surface area contributed by atoms with Crippen LogP contribution < -0.4 is 5.43 Å². The molecule has 3 rings (SSSR count). The molecule has 2 aromatic rings. The van der Waals surface area contributed by atoms with Crippen LogP contribution in [0.4, 0.5) is 0 Å². The van der Waals surface area contributed by atoms with Crippen molar-refractivity contribution in [3.63, 3.8) is 0 Å². The maximum absolute atomic E-state index is 12.2. The summed E-state index contributed by atoms with van der Waals surface area (Å²) in [6.07, 6.45) is 4.36. The molecular weight excluding hydrogens is 268 g/mol. The standard InChI is InChI=1S/C16H18N2OS/c1-11-6-8-12(9-7-11)17-18-16(19)14-10-20-15-5-3-2-4-13(14)15/h2-5,10-11H,6-9H2,1H3,(H,18,19). The average Bonchev–Trinajstić information content (AvgIpc) is 2.90. The summed E-state index contributed by atoms with van der Waals surface area (Å²) >= 11 is 1.59. The molecule has 1 amide bonds. The van der Waals surface area contributed by atoms with Gasteiger partial charge in [0.1, 0.15) is 0 Å². The van der Waals surface area contributed by atoms with Crippen molar-refractivity contribution >= 4 is 33.0 Å². The molecule has 3 nitrogen and oxygen atoms in total. The van der Waals surface area contributed by atoms with E-state index >= 15 is 0 Å². The van der Waals surface area contributed by atoms with Gasteiger partial charge in [0.25, 0.3) is 5.91 Å². The van der Waals surface area contributed by atoms with Crippen LogP contribution in [0.15, 0.2) is 34.7 Å². The molecular formula is C16H18N2OS. The molecule has 1 aromatic heterocycles. The summed E-state index contributed by atoms with van der Waals surface area (Å²) < 4.78 is 1.14. The van der Waals surface area contributed by atoms with E-state index in [1.54, 1.807) is 11.3 Å². The van der Waals surface area contributed by atoms with Gasteiger partial charge in [0, 0.05) is 21.2 Å². The lowest BCUT2D eigenvalue weighted by molar-refractivity contribution is 0.0956. The van der Waals surface area contributed by atoms with E-state index in [1.165, 1.54) is 12.8 Å². The zero-order valence-electron chi connectivity index (χ0n) is 11.6. The number of hydrogen-bond acceptors (Lipinski definition) is 3. The second kappa shape index (κ2) is 5.75. The van der Waals surface area contributed by atoms with Crippen LogP contribution in [-0.4, -0.2) is 11.6 Å². The molecule has 1 aromatic carbocycles. The Balaban J connectivity index is 1.72. The minimum Gasteiger partial charge on any atom is -0.267 e. The third-order valence-corrected chi connectivity index (χ3v) is 4.86. The fourth-order valence-electron chi connectivity index (χ4n) is 2.55. The largest absolute Gasteiger partial charge is 0.272 e. The number of nitrogens with zero attached hydrogens (tertiary/aromatic N) is 1. The number of nitrogens with one attached hydrogen (secondary N) is 1. The van der Waals surface area contributed by atoms with E-state index in [-0.39, 0.29) is 5.91 Å². The highest BCUT2D eigenvalue weighted by Crippen LogP contribution is 2.25. The molecule has 104 valence electrons. The Hall–Kier alpha value is -1.68. The predicted molar refractivity (Wildman–Crippen MR) is 84.4 cm³/mol. The Labute approximate surface area is 122 Å². The summed E-state index contributed by atoms with van der Waals surface area (Å²) in [5.74, 6) is 0.680. The third kappa shape index (κ3) is 2.75. The Morgan fingerprint density at radius 3 is 2.85 bits per heavy atom. The van der Waals surface area contributed by atoms with Crippen molar-refractivity contribution < 1.29 is 4.79 Å². The van der Waals surface area contributed by atoms with Gasteiger partial charge in [0.15, 0.2) is 0 Å². The number of hydrogen-bond donors (Lipinski definition) is 1. The van der Waals surface area contributed by atoms with Crippen molar-refractivity contribution in [1.82, 2.24) is 5.43 Å². The zero-order valence-corrected chi connectivity index (χ0v) is 12.4. The Kier molecular flexibility index (Phi) is 3.83. The molecule has 1 heterocycles. The lowest BCUT2D eigenvalue weighted by atomic mass is 9.90. The number of amides is 1. The van der Waals surface area contributed by atoms with E-state index in [0.29, 0.717) is 0 Å². The van der Waals surface area contributed by atoms with Gasteiger partial charge in [-0.05, 0) is 37.7 Å². The maximum Gasteiger partial charge on any atom is 0.272 e. The second-order valence-electron chi connectivity index (χ2n) is 5.45. The fourth-order valence-corrected chi connectivity index (χ4v) is 3.49. The molecule has 1 N–H and O–H groups in total. The van der Waals surface area contributed by atoms with E-state index in [2.05, 4.69) is 17.5 Å². The van der Waals surface area contributed by atoms with Gasteiger partial charge in [0.05, 0.1) is 5.56 Å². The molecule has 0 atom stereocenters. The van der Waals surface area contributed by atoms with Gasteiger partial charge in [-0.15, -0.1) is 11.3 Å². The Bertz CT molecular complexity index is 649. The first-order valence-electron chi connectivity index (χ1n) is 7.06. The number of carbonyl (C=O) groups excluding carboxylic acids is 1. The molecule has 0 radical (unpaired) electrons. The summed E-state index contributed by atoms with van der Waals surface area (Å²) in [4.78, 5) is 12.2. The summed E-state index contributed by atoms with van der Waals surface area (Å²) in [6, 6.07) is 7.96. The van der Waals surface area contributed by atoms with Gasteiger partial charge in [-0.2, -0.15) is 5.10 Å². The van der Waals surface area contributed by atoms with Crippen LogP contribution >= 0.6 is 11.3 Å². The first-order valence-corrected chi connectivity index (χ1v) is 7.94. The number of rotatable bonds is 2. The number of carbonyl (C=O) groups is 1. The van der Waals surface area contributed by atoms with Gasteiger partial charge >= 0.3 is 0 Å². The monoisotopic (exact) mass is 286 g/mol. The molecule has 0 spiro atoms. The van der Waals surface area contributed by atoms with Gasteiger partial charge in [0.2, 0.25) is 0 Å². The number of hydrazone groups is 1. The summed E-state index contributed by atoms with van der Waals surface area (Å²) in [6.45, 7) is 2.27. The molecule has 1 fully saturated rings. The first-order chi connectivity index (χ1) is 9.74. The van der Waals surface area contributed by atoms with Crippen LogP contribution in [0.5, 0.6) is 0 Å². The van der Waals surface area contributed by atoms with Crippen molar-refractivity contribution in [3.05, 3.63) is 35.2 Å². The molecule has 0 unspecified atom stereocenters. The van der Waals surface area contributed by atoms with Crippen molar-refractivity contribution in [2.75, 3.05) is 0 Å². The normalized spacial score (nSPS) is 19.1. The van der Waals surface area contributed by atoms with Gasteiger partial charge in [-0.1, -0.05) is 25.1 Å². The number of thiophene rings is 1. The van der Waals surface area contributed by atoms with Crippen LogP contribution in [0.1, 0.15) is 43.0 Å². The highest BCUT2D eigenvalue weighted by atomic mass is 32.1. The van der Waals surface area contributed by atoms with Crippen molar-refractivity contribution in [1.29, 1.82) is 0 Å². The molecule has 1 saturated carbocycles. The minimum absolute atomic E-state index is 0.103. The van der Waals surface area contributed by atoms with Gasteiger partial charge < -0.3 is 0 Å². The second-order valence-corrected chi connectivity index (χ2v) is 6.36. The first kappa shape index (κ1) is 13.3. The van der Waals surface area contributed by atoms with Crippen LogP contribution in [-0.2, 0) is 0 Å². The molecule has 0 aliphatic heterocycles. The third-order valence-electron chi connectivity index (χ3n) is 3.89. The van der Waals surface area contributed by atoms with E-state index in [9.17, 15) is 4.79 Å². The van der Waals surface area contributed by atoms with E-state index < -0.39 is 0 Å². The SMILES string of the molecule is CC1CCC(=NNC(=O)c2csc3ccccc23)CC1. The zero-order chi connectivity index (χ0) is 13.9. The average molecular weight is 286 g/mol. The summed E-state index contributed by atoms with van der Waals surface area (Å²) in [5, 5.41) is 7.21. The molecule has 0 saturated heterocycles. The van der Waals surface area contributed by atoms with E-state index in [4.69, 9.17) is 0 Å².